The van der Waals surface area contributed by atoms with Gasteiger partial charge >= 0.3 is 0 Å². The van der Waals surface area contributed by atoms with Gasteiger partial charge in [-0.15, -0.1) is 0 Å². The molecule has 78 valence electrons. The van der Waals surface area contributed by atoms with Gasteiger partial charge < -0.3 is 10.4 Å². The maximum absolute atomic E-state index is 9.71. The van der Waals surface area contributed by atoms with Crippen molar-refractivity contribution in [1.82, 2.24) is 9.97 Å². The molecule has 0 saturated carbocycles. The predicted octanol–water partition coefficient (Wildman–Crippen LogP) is 1.70. The van der Waals surface area contributed by atoms with Crippen LogP contribution in [0.1, 0.15) is 20.3 Å². The van der Waals surface area contributed by atoms with E-state index < -0.39 is 5.60 Å². The topological polar surface area (TPSA) is 58.0 Å². The highest BCUT2D eigenvalue weighted by Crippen LogP contribution is 2.11. The summed E-state index contributed by atoms with van der Waals surface area (Å²) in [5.41, 5.74) is -0.725. The van der Waals surface area contributed by atoms with E-state index in [-0.39, 0.29) is 5.28 Å². The lowest BCUT2D eigenvalue weighted by atomic mass is 10.0. The van der Waals surface area contributed by atoms with Gasteiger partial charge in [0.05, 0.1) is 5.60 Å². The maximum Gasteiger partial charge on any atom is 0.224 e. The Morgan fingerprint density at radius 3 is 2.93 bits per heavy atom. The third-order valence-electron chi connectivity index (χ3n) is 2.04. The summed E-state index contributed by atoms with van der Waals surface area (Å²) in [5, 5.41) is 12.9. The van der Waals surface area contributed by atoms with E-state index in [9.17, 15) is 5.11 Å². The van der Waals surface area contributed by atoms with Crippen LogP contribution in [0.15, 0.2) is 12.3 Å². The van der Waals surface area contributed by atoms with Gasteiger partial charge in [-0.25, -0.2) is 9.97 Å². The molecule has 5 heteroatoms. The van der Waals surface area contributed by atoms with Crippen molar-refractivity contribution in [3.63, 3.8) is 0 Å². The van der Waals surface area contributed by atoms with E-state index in [0.29, 0.717) is 18.8 Å². The maximum atomic E-state index is 9.71. The van der Waals surface area contributed by atoms with Gasteiger partial charge in [-0.2, -0.15) is 0 Å². The fourth-order valence-electron chi connectivity index (χ4n) is 0.839. The van der Waals surface area contributed by atoms with E-state index in [1.54, 1.807) is 19.2 Å². The number of nitrogens with zero attached hydrogens (tertiary/aromatic N) is 2. The first-order valence-corrected chi connectivity index (χ1v) is 4.86. The predicted molar refractivity (Wildman–Crippen MR) is 56.4 cm³/mol. The molecular formula is C9H14ClN3O. The monoisotopic (exact) mass is 215 g/mol. The van der Waals surface area contributed by atoms with Crippen LogP contribution in [0.4, 0.5) is 5.82 Å². The Kier molecular flexibility index (Phi) is 3.66. The van der Waals surface area contributed by atoms with E-state index in [1.165, 1.54) is 0 Å². The molecule has 0 radical (unpaired) electrons. The van der Waals surface area contributed by atoms with Gasteiger partial charge in [-0.05, 0) is 31.0 Å². The Hall–Kier alpha value is -0.870. The zero-order chi connectivity index (χ0) is 10.6. The molecule has 0 aliphatic heterocycles. The van der Waals surface area contributed by atoms with Crippen molar-refractivity contribution >= 4 is 17.4 Å². The third-order valence-corrected chi connectivity index (χ3v) is 2.22. The van der Waals surface area contributed by atoms with Crippen LogP contribution in [-0.2, 0) is 0 Å². The van der Waals surface area contributed by atoms with Gasteiger partial charge in [0.1, 0.15) is 5.82 Å². The second kappa shape index (κ2) is 4.57. The number of nitrogens with one attached hydrogen (secondary N) is 1. The molecule has 14 heavy (non-hydrogen) atoms. The second-order valence-corrected chi connectivity index (χ2v) is 3.75. The van der Waals surface area contributed by atoms with Crippen LogP contribution in [0.2, 0.25) is 5.28 Å². The highest BCUT2D eigenvalue weighted by molar-refractivity contribution is 6.28. The molecule has 1 rings (SSSR count). The fourth-order valence-corrected chi connectivity index (χ4v) is 0.987. The lowest BCUT2D eigenvalue weighted by Gasteiger charge is -2.21. The molecule has 4 nitrogen and oxygen atoms in total. The Bertz CT molecular complexity index is 304. The lowest BCUT2D eigenvalue weighted by Crippen LogP contribution is -2.32. The summed E-state index contributed by atoms with van der Waals surface area (Å²) in [7, 11) is 0. The highest BCUT2D eigenvalue weighted by atomic mass is 35.5. The number of anilines is 1. The van der Waals surface area contributed by atoms with Crippen molar-refractivity contribution in [1.29, 1.82) is 0 Å². The highest BCUT2D eigenvalue weighted by Gasteiger charge is 2.16. The first-order valence-electron chi connectivity index (χ1n) is 4.48. The zero-order valence-electron chi connectivity index (χ0n) is 8.29. The standard InChI is InChI=1S/C9H14ClN3O/c1-3-9(2,14)6-12-7-4-5-11-8(10)13-7/h4-5,14H,3,6H2,1-2H3,(H,11,12,13). The summed E-state index contributed by atoms with van der Waals surface area (Å²) >= 11 is 5.60. The molecule has 0 amide bonds. The Morgan fingerprint density at radius 2 is 2.36 bits per heavy atom. The van der Waals surface area contributed by atoms with E-state index in [1.807, 2.05) is 6.92 Å². The molecule has 0 fully saturated rings. The van der Waals surface area contributed by atoms with Crippen molar-refractivity contribution in [2.75, 3.05) is 11.9 Å². The van der Waals surface area contributed by atoms with Crippen LogP contribution < -0.4 is 5.32 Å². The minimum absolute atomic E-state index is 0.200. The summed E-state index contributed by atoms with van der Waals surface area (Å²) in [5.74, 6) is 0.624. The fraction of sp³-hybridized carbons (Fsp3) is 0.556. The van der Waals surface area contributed by atoms with Crippen molar-refractivity contribution < 1.29 is 5.11 Å². The molecular weight excluding hydrogens is 202 g/mol. The Morgan fingerprint density at radius 1 is 1.64 bits per heavy atom. The molecule has 0 aromatic carbocycles. The van der Waals surface area contributed by atoms with E-state index >= 15 is 0 Å². The molecule has 0 saturated heterocycles. The molecule has 0 spiro atoms. The smallest absolute Gasteiger partial charge is 0.224 e. The van der Waals surface area contributed by atoms with Crippen molar-refractivity contribution in [2.24, 2.45) is 0 Å². The minimum Gasteiger partial charge on any atom is -0.388 e. The van der Waals surface area contributed by atoms with Crippen molar-refractivity contribution in [2.45, 2.75) is 25.9 Å². The minimum atomic E-state index is -0.725. The third kappa shape index (κ3) is 3.47. The van der Waals surface area contributed by atoms with Crippen molar-refractivity contribution in [3.8, 4) is 0 Å². The number of aliphatic hydroxyl groups is 1. The van der Waals surface area contributed by atoms with Gasteiger partial charge in [0.2, 0.25) is 5.28 Å². The van der Waals surface area contributed by atoms with Gasteiger partial charge in [0.15, 0.2) is 0 Å². The Balaban J connectivity index is 2.54. The summed E-state index contributed by atoms with van der Waals surface area (Å²) in [4.78, 5) is 7.70. The zero-order valence-corrected chi connectivity index (χ0v) is 9.04. The van der Waals surface area contributed by atoms with Crippen LogP contribution in [0.3, 0.4) is 0 Å². The molecule has 0 bridgehead atoms. The normalized spacial score (nSPS) is 14.9. The van der Waals surface area contributed by atoms with Crippen molar-refractivity contribution in [3.05, 3.63) is 17.5 Å². The number of hydrogen-bond donors (Lipinski definition) is 2. The van der Waals surface area contributed by atoms with Crippen LogP contribution in [0.25, 0.3) is 0 Å². The number of hydrogen-bond acceptors (Lipinski definition) is 4. The summed E-state index contributed by atoms with van der Waals surface area (Å²) in [6.07, 6.45) is 2.25. The molecule has 1 aromatic heterocycles. The van der Waals surface area contributed by atoms with Gasteiger partial charge in [-0.3, -0.25) is 0 Å². The largest absolute Gasteiger partial charge is 0.388 e. The summed E-state index contributed by atoms with van der Waals surface area (Å²) < 4.78 is 0. The number of rotatable bonds is 4. The SMILES string of the molecule is CCC(C)(O)CNc1ccnc(Cl)n1. The molecule has 0 aliphatic rings. The summed E-state index contributed by atoms with van der Waals surface area (Å²) in [6.45, 7) is 4.13. The van der Waals surface area contributed by atoms with Crippen LogP contribution in [-0.4, -0.2) is 27.2 Å². The first-order chi connectivity index (χ1) is 6.53. The molecule has 2 N–H and O–H groups in total. The number of halogens is 1. The van der Waals surface area contributed by atoms with Crippen LogP contribution in [0, 0.1) is 0 Å². The second-order valence-electron chi connectivity index (χ2n) is 3.41. The molecule has 1 unspecified atom stereocenters. The average Bonchev–Trinajstić information content (AvgIpc) is 2.15. The molecule has 1 atom stereocenters. The van der Waals surface area contributed by atoms with Gasteiger partial charge in [-0.1, -0.05) is 6.92 Å². The molecule has 1 heterocycles. The van der Waals surface area contributed by atoms with E-state index in [2.05, 4.69) is 15.3 Å². The summed E-state index contributed by atoms with van der Waals surface area (Å²) in [6, 6.07) is 1.71. The molecule has 0 aliphatic carbocycles. The van der Waals surface area contributed by atoms with Crippen LogP contribution in [0.5, 0.6) is 0 Å². The quantitative estimate of drug-likeness (QED) is 0.751. The lowest BCUT2D eigenvalue weighted by molar-refractivity contribution is 0.0696. The van der Waals surface area contributed by atoms with E-state index in [0.717, 1.165) is 0 Å². The van der Waals surface area contributed by atoms with Gasteiger partial charge in [0.25, 0.3) is 0 Å². The average molecular weight is 216 g/mol. The van der Waals surface area contributed by atoms with Gasteiger partial charge in [0, 0.05) is 12.7 Å². The van der Waals surface area contributed by atoms with Crippen LogP contribution >= 0.6 is 11.6 Å². The van der Waals surface area contributed by atoms with E-state index in [4.69, 9.17) is 11.6 Å². The first kappa shape index (κ1) is 11.2. The number of aromatic nitrogens is 2. The Labute approximate surface area is 88.3 Å². The molecule has 1 aromatic rings.